The molecule has 0 aliphatic carbocycles. The lowest BCUT2D eigenvalue weighted by atomic mass is 10.1. The summed E-state index contributed by atoms with van der Waals surface area (Å²) in [6.45, 7) is 6.24. The van der Waals surface area contributed by atoms with Gasteiger partial charge in [0.15, 0.2) is 11.0 Å². The third kappa shape index (κ3) is 6.05. The number of likely N-dealkylation sites (N-methyl/N-ethyl adjacent to an activating group) is 1. The van der Waals surface area contributed by atoms with Gasteiger partial charge >= 0.3 is 0 Å². The van der Waals surface area contributed by atoms with E-state index in [1.165, 1.54) is 17.8 Å². The van der Waals surface area contributed by atoms with Crippen molar-refractivity contribution in [3.63, 3.8) is 0 Å². The summed E-state index contributed by atoms with van der Waals surface area (Å²) in [5, 5.41) is 14.0. The number of benzene rings is 2. The van der Waals surface area contributed by atoms with Gasteiger partial charge in [0, 0.05) is 49.9 Å². The number of hydrogen-bond donors (Lipinski definition) is 0. The van der Waals surface area contributed by atoms with Gasteiger partial charge in [-0.05, 0) is 52.3 Å². The zero-order chi connectivity index (χ0) is 30.1. The minimum Gasteiger partial charge on any atom is -0.420 e. The average Bonchev–Trinajstić information content (AvgIpc) is 3.64. The monoisotopic (exact) mass is 603 g/mol. The van der Waals surface area contributed by atoms with Gasteiger partial charge < -0.3 is 18.8 Å². The first-order chi connectivity index (χ1) is 20.8. The number of thioether (sulfide) groups is 1. The van der Waals surface area contributed by atoms with Crippen molar-refractivity contribution < 1.29 is 8.81 Å². The predicted molar refractivity (Wildman–Crippen MR) is 166 cm³/mol. The fourth-order valence-electron chi connectivity index (χ4n) is 5.15. The molecule has 1 aliphatic heterocycles. The lowest BCUT2D eigenvalue weighted by Gasteiger charge is -2.34. The van der Waals surface area contributed by atoms with Gasteiger partial charge in [-0.2, -0.15) is 0 Å². The quantitative estimate of drug-likeness (QED) is 0.230. The summed E-state index contributed by atoms with van der Waals surface area (Å²) < 4.78 is 25.0. The third-order valence-corrected chi connectivity index (χ3v) is 8.39. The fraction of sp³-hybridized carbons (Fsp3) is 0.367. The minimum atomic E-state index is -0.397. The molecule has 4 heterocycles. The molecule has 11 nitrogen and oxygen atoms in total. The molecule has 6 rings (SSSR count). The van der Waals surface area contributed by atoms with Gasteiger partial charge in [-0.15, -0.1) is 15.3 Å². The van der Waals surface area contributed by atoms with Crippen LogP contribution in [-0.4, -0.2) is 86.7 Å². The molecule has 1 saturated heterocycles. The van der Waals surface area contributed by atoms with E-state index in [-0.39, 0.29) is 11.3 Å². The first-order valence-electron chi connectivity index (χ1n) is 14.2. The van der Waals surface area contributed by atoms with Crippen LogP contribution in [0.1, 0.15) is 12.8 Å². The van der Waals surface area contributed by atoms with Crippen molar-refractivity contribution in [2.45, 2.75) is 31.0 Å². The molecule has 0 atom stereocenters. The molecule has 0 radical (unpaired) electrons. The molecule has 224 valence electrons. The number of halogens is 1. The van der Waals surface area contributed by atoms with Crippen LogP contribution in [0.25, 0.3) is 33.7 Å². The summed E-state index contributed by atoms with van der Waals surface area (Å²) in [6.07, 6.45) is 1.78. The van der Waals surface area contributed by atoms with Crippen molar-refractivity contribution in [3.05, 3.63) is 70.6 Å². The third-order valence-electron chi connectivity index (χ3n) is 7.44. The van der Waals surface area contributed by atoms with E-state index < -0.39 is 5.82 Å². The number of nitrogens with zero attached hydrogens (tertiary/aromatic N) is 9. The molecule has 0 saturated carbocycles. The Hall–Kier alpha value is -4.07. The Morgan fingerprint density at radius 2 is 1.84 bits per heavy atom. The molecule has 13 heteroatoms. The largest absolute Gasteiger partial charge is 0.420 e. The molecule has 2 aromatic carbocycles. The van der Waals surface area contributed by atoms with E-state index in [9.17, 15) is 4.79 Å². The zero-order valence-corrected chi connectivity index (χ0v) is 25.5. The van der Waals surface area contributed by atoms with Crippen LogP contribution in [0.3, 0.4) is 0 Å². The number of aryl methyl sites for hydroxylation is 1. The summed E-state index contributed by atoms with van der Waals surface area (Å²) >= 11 is 1.39. The molecule has 5 aromatic rings. The van der Waals surface area contributed by atoms with Crippen molar-refractivity contribution in [1.82, 2.24) is 39.3 Å². The van der Waals surface area contributed by atoms with Crippen LogP contribution < -0.4 is 10.3 Å². The Kier molecular flexibility index (Phi) is 8.28. The van der Waals surface area contributed by atoms with E-state index in [0.29, 0.717) is 58.1 Å². The second-order valence-corrected chi connectivity index (χ2v) is 11.8. The molecule has 43 heavy (non-hydrogen) atoms. The zero-order valence-electron chi connectivity index (χ0n) is 24.7. The second kappa shape index (κ2) is 12.3. The fourth-order valence-corrected chi connectivity index (χ4v) is 5.92. The van der Waals surface area contributed by atoms with Crippen LogP contribution in [0.5, 0.6) is 0 Å². The Morgan fingerprint density at radius 3 is 2.56 bits per heavy atom. The maximum atomic E-state index is 15.5. The summed E-state index contributed by atoms with van der Waals surface area (Å²) in [6, 6.07) is 12.8. The van der Waals surface area contributed by atoms with Gasteiger partial charge in [-0.25, -0.2) is 14.1 Å². The molecule has 0 bridgehead atoms. The van der Waals surface area contributed by atoms with Crippen LogP contribution in [0, 0.1) is 5.82 Å². The maximum absolute atomic E-state index is 15.5. The molecular weight excluding hydrogens is 569 g/mol. The number of hydrogen-bond acceptors (Lipinski definition) is 10. The molecule has 0 N–H and O–H groups in total. The summed E-state index contributed by atoms with van der Waals surface area (Å²) in [7, 11) is 5.93. The van der Waals surface area contributed by atoms with Gasteiger partial charge in [0.05, 0.1) is 29.2 Å². The Labute approximate surface area is 252 Å². The highest BCUT2D eigenvalue weighted by atomic mass is 32.2. The molecular formula is C30H34FN9O2S. The van der Waals surface area contributed by atoms with E-state index in [2.05, 4.69) is 22.1 Å². The first kappa shape index (κ1) is 29.0. The molecule has 1 aliphatic rings. The first-order valence-corrected chi connectivity index (χ1v) is 15.2. The van der Waals surface area contributed by atoms with E-state index in [1.807, 2.05) is 65.7 Å². The Bertz CT molecular complexity index is 1790. The van der Waals surface area contributed by atoms with Crippen molar-refractivity contribution in [1.29, 1.82) is 0 Å². The number of aromatic nitrogens is 6. The highest BCUT2D eigenvalue weighted by Crippen LogP contribution is 2.29. The topological polar surface area (TPSA) is 101 Å². The minimum absolute atomic E-state index is 0.289. The smallest absolute Gasteiger partial charge is 0.247 e. The highest BCUT2D eigenvalue weighted by molar-refractivity contribution is 7.98. The van der Waals surface area contributed by atoms with Gasteiger partial charge in [0.1, 0.15) is 5.82 Å². The molecule has 0 unspecified atom stereocenters. The Morgan fingerprint density at radius 1 is 1.07 bits per heavy atom. The van der Waals surface area contributed by atoms with Crippen LogP contribution >= 0.6 is 11.8 Å². The van der Waals surface area contributed by atoms with Crippen LogP contribution in [0.2, 0.25) is 0 Å². The van der Waals surface area contributed by atoms with Crippen molar-refractivity contribution in [2.24, 2.45) is 0 Å². The van der Waals surface area contributed by atoms with E-state index in [4.69, 9.17) is 14.5 Å². The lowest BCUT2D eigenvalue weighted by molar-refractivity contribution is 0.292. The van der Waals surface area contributed by atoms with Crippen LogP contribution in [0.4, 0.5) is 10.1 Å². The summed E-state index contributed by atoms with van der Waals surface area (Å²) in [5.74, 6) is 1.17. The summed E-state index contributed by atoms with van der Waals surface area (Å²) in [4.78, 5) is 24.8. The molecule has 0 spiro atoms. The predicted octanol–water partition coefficient (Wildman–Crippen LogP) is 4.03. The van der Waals surface area contributed by atoms with Gasteiger partial charge in [0.25, 0.3) is 0 Å². The lowest BCUT2D eigenvalue weighted by Crippen LogP contribution is -2.44. The number of anilines is 1. The standard InChI is InChI=1S/C30H34FN9O2S/c1-5-38-17-22(27(41)21-15-23(31)25(16-24(21)38)39-13-11-37(4)12-14-39)28-32-30(40(35-28)19-36(2)3)43-18-26-33-34-29(42-26)20-9-7-6-8-10-20/h6-10,15-17H,5,11-14,18-19H2,1-4H3. The van der Waals surface area contributed by atoms with Gasteiger partial charge in [-0.1, -0.05) is 30.0 Å². The average molecular weight is 604 g/mol. The van der Waals surface area contributed by atoms with E-state index in [1.54, 1.807) is 16.9 Å². The number of pyridine rings is 1. The highest BCUT2D eigenvalue weighted by Gasteiger charge is 2.23. The number of fused-ring (bicyclic) bond motifs is 1. The van der Waals surface area contributed by atoms with Gasteiger partial charge in [-0.3, -0.25) is 9.69 Å². The number of rotatable bonds is 9. The molecule has 0 amide bonds. The van der Waals surface area contributed by atoms with Crippen molar-refractivity contribution in [3.8, 4) is 22.8 Å². The van der Waals surface area contributed by atoms with E-state index in [0.717, 1.165) is 31.7 Å². The normalized spacial score (nSPS) is 14.3. The second-order valence-electron chi connectivity index (χ2n) is 10.9. The SMILES string of the molecule is CCn1cc(-c2nc(SCc3nnc(-c4ccccc4)o3)n(CN(C)C)n2)c(=O)c2cc(F)c(N3CCN(C)CC3)cc21. The maximum Gasteiger partial charge on any atom is 0.247 e. The Balaban J connectivity index is 1.33. The van der Waals surface area contributed by atoms with Crippen molar-refractivity contribution >= 4 is 28.4 Å². The van der Waals surface area contributed by atoms with Crippen LogP contribution in [0.15, 0.2) is 63.0 Å². The van der Waals surface area contributed by atoms with Crippen LogP contribution in [-0.2, 0) is 19.0 Å². The molecule has 1 fully saturated rings. The van der Waals surface area contributed by atoms with Crippen molar-refractivity contribution in [2.75, 3.05) is 52.2 Å². The summed E-state index contributed by atoms with van der Waals surface area (Å²) in [5.41, 5.74) is 2.09. The van der Waals surface area contributed by atoms with E-state index >= 15 is 4.39 Å². The molecule has 3 aromatic heterocycles. The van der Waals surface area contributed by atoms with Gasteiger partial charge in [0.2, 0.25) is 17.2 Å². The number of piperazine rings is 1.